The van der Waals surface area contributed by atoms with E-state index < -0.39 is 23.2 Å². The molecular weight excluding hydrogens is 356 g/mol. The number of nitro benzene ring substituents is 1. The molecule has 0 aliphatic carbocycles. The first-order chi connectivity index (χ1) is 12.9. The maximum Gasteiger partial charge on any atom is 0.345 e. The Morgan fingerprint density at radius 3 is 2.37 bits per heavy atom. The molecule has 2 aliphatic heterocycles. The third-order valence-corrected chi connectivity index (χ3v) is 4.89. The van der Waals surface area contributed by atoms with Gasteiger partial charge in [0.15, 0.2) is 18.1 Å². The lowest BCUT2D eigenvalue weighted by molar-refractivity contribution is -0.385. The minimum Gasteiger partial charge on any atom is -0.486 e. The number of benzene rings is 1. The van der Waals surface area contributed by atoms with Crippen molar-refractivity contribution in [1.29, 1.82) is 0 Å². The maximum absolute atomic E-state index is 12.5. The lowest BCUT2D eigenvalue weighted by Crippen LogP contribution is -2.49. The van der Waals surface area contributed by atoms with Gasteiger partial charge in [-0.25, -0.2) is 4.79 Å². The normalized spacial score (nSPS) is 21.5. The third kappa shape index (κ3) is 3.96. The number of nitrogens with zero attached hydrogens (tertiary/aromatic N) is 2. The first-order valence-electron chi connectivity index (χ1n) is 8.94. The van der Waals surface area contributed by atoms with Crippen LogP contribution in [0.15, 0.2) is 12.1 Å². The van der Waals surface area contributed by atoms with Crippen molar-refractivity contribution in [2.45, 2.75) is 45.2 Å². The first kappa shape index (κ1) is 18.9. The van der Waals surface area contributed by atoms with E-state index in [1.54, 1.807) is 4.90 Å². The summed E-state index contributed by atoms with van der Waals surface area (Å²) in [4.78, 5) is 37.2. The fraction of sp³-hybridized carbons (Fsp3) is 0.556. The minimum atomic E-state index is -0.940. The van der Waals surface area contributed by atoms with Crippen LogP contribution < -0.4 is 9.47 Å². The van der Waals surface area contributed by atoms with E-state index in [2.05, 4.69) is 0 Å². The topological polar surface area (TPSA) is 108 Å². The number of carbonyl (C=O) groups excluding carboxylic acids is 2. The Hall–Kier alpha value is -2.84. The molecule has 0 aromatic heterocycles. The highest BCUT2D eigenvalue weighted by atomic mass is 16.6. The summed E-state index contributed by atoms with van der Waals surface area (Å²) in [5.74, 6) is -0.799. The van der Waals surface area contributed by atoms with E-state index in [1.165, 1.54) is 6.07 Å². The van der Waals surface area contributed by atoms with Crippen LogP contribution in [0.2, 0.25) is 0 Å². The molecular formula is C18H22N2O7. The fourth-order valence-electron chi connectivity index (χ4n) is 3.59. The van der Waals surface area contributed by atoms with Crippen molar-refractivity contribution in [1.82, 2.24) is 4.90 Å². The van der Waals surface area contributed by atoms with Crippen LogP contribution in [0.1, 0.15) is 43.5 Å². The van der Waals surface area contributed by atoms with E-state index in [4.69, 9.17) is 14.2 Å². The van der Waals surface area contributed by atoms with Gasteiger partial charge in [-0.3, -0.25) is 14.9 Å². The molecule has 27 heavy (non-hydrogen) atoms. The van der Waals surface area contributed by atoms with Crippen molar-refractivity contribution in [3.63, 3.8) is 0 Å². The molecule has 2 aliphatic rings. The van der Waals surface area contributed by atoms with Crippen molar-refractivity contribution in [3.05, 3.63) is 27.8 Å². The second kappa shape index (κ2) is 7.81. The van der Waals surface area contributed by atoms with E-state index in [9.17, 15) is 19.7 Å². The van der Waals surface area contributed by atoms with Gasteiger partial charge in [0.25, 0.3) is 11.6 Å². The average molecular weight is 378 g/mol. The lowest BCUT2D eigenvalue weighted by atomic mass is 9.97. The third-order valence-electron chi connectivity index (χ3n) is 4.89. The number of esters is 1. The molecule has 1 amide bonds. The number of fused-ring (bicyclic) bond motifs is 1. The molecule has 3 rings (SSSR count). The van der Waals surface area contributed by atoms with Gasteiger partial charge < -0.3 is 19.1 Å². The molecule has 1 saturated heterocycles. The Bertz CT molecular complexity index is 754. The Balaban J connectivity index is 1.74. The second-order valence-corrected chi connectivity index (χ2v) is 6.78. The molecule has 1 aromatic rings. The van der Waals surface area contributed by atoms with Crippen LogP contribution in [-0.4, -0.2) is 53.6 Å². The molecule has 2 atom stereocenters. The van der Waals surface area contributed by atoms with Gasteiger partial charge in [-0.05, 0) is 33.1 Å². The number of hydrogen-bond acceptors (Lipinski definition) is 7. The summed E-state index contributed by atoms with van der Waals surface area (Å²) >= 11 is 0. The van der Waals surface area contributed by atoms with E-state index >= 15 is 0 Å². The summed E-state index contributed by atoms with van der Waals surface area (Å²) in [6, 6.07) is 2.51. The van der Waals surface area contributed by atoms with Crippen molar-refractivity contribution < 1.29 is 28.7 Å². The Morgan fingerprint density at radius 1 is 1.19 bits per heavy atom. The van der Waals surface area contributed by atoms with Gasteiger partial charge in [0, 0.05) is 18.2 Å². The predicted molar refractivity (Wildman–Crippen MR) is 94.0 cm³/mol. The van der Waals surface area contributed by atoms with Crippen molar-refractivity contribution in [2.24, 2.45) is 0 Å². The van der Waals surface area contributed by atoms with Gasteiger partial charge in [-0.1, -0.05) is 0 Å². The SMILES string of the molecule is C[C@@H]1CCC[C@H](C)N1C(=O)COC(=O)c1cc2c(cc1[N+](=O)[O-])OCCO2. The van der Waals surface area contributed by atoms with Crippen LogP contribution in [-0.2, 0) is 9.53 Å². The van der Waals surface area contributed by atoms with Gasteiger partial charge in [0.05, 0.1) is 11.0 Å². The van der Waals surface area contributed by atoms with Gasteiger partial charge in [0.2, 0.25) is 0 Å². The number of piperidine rings is 1. The van der Waals surface area contributed by atoms with Crippen molar-refractivity contribution in [2.75, 3.05) is 19.8 Å². The number of nitro groups is 1. The van der Waals surface area contributed by atoms with Crippen LogP contribution in [0.5, 0.6) is 11.5 Å². The molecule has 0 bridgehead atoms. The Kier molecular flexibility index (Phi) is 5.48. The van der Waals surface area contributed by atoms with Gasteiger partial charge in [-0.2, -0.15) is 0 Å². The van der Waals surface area contributed by atoms with Crippen LogP contribution >= 0.6 is 0 Å². The second-order valence-electron chi connectivity index (χ2n) is 6.78. The maximum atomic E-state index is 12.5. The summed E-state index contributed by atoms with van der Waals surface area (Å²) < 4.78 is 15.8. The van der Waals surface area contributed by atoms with Gasteiger partial charge in [0.1, 0.15) is 18.8 Å². The standard InChI is InChI=1S/C18H22N2O7/c1-11-4-3-5-12(2)19(11)17(21)10-27-18(22)13-8-15-16(26-7-6-25-15)9-14(13)20(23)24/h8-9,11-12H,3-7,10H2,1-2H3/t11-,12+. The summed E-state index contributed by atoms with van der Waals surface area (Å²) in [6.45, 7) is 4.01. The monoisotopic (exact) mass is 378 g/mol. The zero-order valence-electron chi connectivity index (χ0n) is 15.3. The highest BCUT2D eigenvalue weighted by Gasteiger charge is 2.31. The number of amides is 1. The molecule has 2 heterocycles. The van der Waals surface area contributed by atoms with E-state index in [0.29, 0.717) is 0 Å². The summed E-state index contributed by atoms with van der Waals surface area (Å²) in [7, 11) is 0. The Morgan fingerprint density at radius 2 is 1.78 bits per heavy atom. The number of carbonyl (C=O) groups is 2. The molecule has 0 spiro atoms. The van der Waals surface area contributed by atoms with E-state index in [1.807, 2.05) is 13.8 Å². The molecule has 1 fully saturated rings. The van der Waals surface area contributed by atoms with Crippen LogP contribution in [0.25, 0.3) is 0 Å². The summed E-state index contributed by atoms with van der Waals surface area (Å²) in [5.41, 5.74) is -0.715. The summed E-state index contributed by atoms with van der Waals surface area (Å²) in [6.07, 6.45) is 2.85. The molecule has 9 heteroatoms. The zero-order chi connectivity index (χ0) is 19.6. The smallest absolute Gasteiger partial charge is 0.345 e. The highest BCUT2D eigenvalue weighted by molar-refractivity contribution is 5.96. The molecule has 1 aromatic carbocycles. The summed E-state index contributed by atoms with van der Waals surface area (Å²) in [5, 5.41) is 11.3. The van der Waals surface area contributed by atoms with Crippen LogP contribution in [0.4, 0.5) is 5.69 Å². The number of rotatable bonds is 4. The number of hydrogen-bond donors (Lipinski definition) is 0. The number of likely N-dealkylation sites (tertiary alicyclic amines) is 1. The van der Waals surface area contributed by atoms with Gasteiger partial charge >= 0.3 is 5.97 Å². The lowest BCUT2D eigenvalue weighted by Gasteiger charge is -2.38. The van der Waals surface area contributed by atoms with E-state index in [-0.39, 0.29) is 48.3 Å². The van der Waals surface area contributed by atoms with Crippen molar-refractivity contribution in [3.8, 4) is 11.5 Å². The molecule has 146 valence electrons. The predicted octanol–water partition coefficient (Wildman–Crippen LogP) is 2.31. The quantitative estimate of drug-likeness (QED) is 0.449. The molecule has 9 nitrogen and oxygen atoms in total. The highest BCUT2D eigenvalue weighted by Crippen LogP contribution is 2.36. The zero-order valence-corrected chi connectivity index (χ0v) is 15.3. The molecule has 0 saturated carbocycles. The Labute approximate surface area is 156 Å². The molecule has 0 N–H and O–H groups in total. The number of ether oxygens (including phenoxy) is 3. The minimum absolute atomic E-state index is 0.0728. The van der Waals surface area contributed by atoms with Gasteiger partial charge in [-0.15, -0.1) is 0 Å². The average Bonchev–Trinajstić information content (AvgIpc) is 2.64. The van der Waals surface area contributed by atoms with E-state index in [0.717, 1.165) is 25.3 Å². The van der Waals surface area contributed by atoms with Crippen LogP contribution in [0.3, 0.4) is 0 Å². The van der Waals surface area contributed by atoms with Crippen LogP contribution in [0, 0.1) is 10.1 Å². The van der Waals surface area contributed by atoms with Crippen molar-refractivity contribution >= 4 is 17.6 Å². The molecule has 0 radical (unpaired) electrons. The fourth-order valence-corrected chi connectivity index (χ4v) is 3.59. The first-order valence-corrected chi connectivity index (χ1v) is 8.94. The molecule has 0 unspecified atom stereocenters. The largest absolute Gasteiger partial charge is 0.486 e.